The van der Waals surface area contributed by atoms with Gasteiger partial charge in [0, 0.05) is 23.2 Å². The normalized spacial score (nSPS) is 10.6. The molecule has 3 N–H and O–H groups in total. The molecule has 2 aromatic rings. The molecule has 1 heterocycles. The number of nitrogens with zero attached hydrogens (tertiary/aromatic N) is 1. The van der Waals surface area contributed by atoms with E-state index in [1.54, 1.807) is 36.6 Å². The van der Waals surface area contributed by atoms with Crippen LogP contribution in [-0.2, 0) is 11.3 Å². The van der Waals surface area contributed by atoms with Crippen molar-refractivity contribution in [2.75, 3.05) is 31.8 Å². The minimum absolute atomic E-state index is 0.0860. The zero-order chi connectivity index (χ0) is 15.2. The van der Waals surface area contributed by atoms with Crippen LogP contribution in [0.15, 0.2) is 35.7 Å². The Morgan fingerprint density at radius 2 is 2.24 bits per heavy atom. The average Bonchev–Trinajstić information content (AvgIpc) is 2.93. The Balaban J connectivity index is 1.92. The first-order chi connectivity index (χ1) is 10.1. The van der Waals surface area contributed by atoms with E-state index in [9.17, 15) is 4.79 Å². The van der Waals surface area contributed by atoms with E-state index in [1.807, 2.05) is 23.4 Å². The van der Waals surface area contributed by atoms with E-state index in [2.05, 4.69) is 11.4 Å². The highest BCUT2D eigenvalue weighted by molar-refractivity contribution is 7.09. The number of hydrogen-bond donors (Lipinski definition) is 2. The molecule has 0 aliphatic heterocycles. The molecule has 1 aromatic carbocycles. The van der Waals surface area contributed by atoms with E-state index in [4.69, 9.17) is 10.5 Å². The van der Waals surface area contributed by atoms with Gasteiger partial charge in [0.1, 0.15) is 5.75 Å². The highest BCUT2D eigenvalue weighted by atomic mass is 32.1. The van der Waals surface area contributed by atoms with Crippen molar-refractivity contribution in [2.24, 2.45) is 0 Å². The van der Waals surface area contributed by atoms with Gasteiger partial charge in [-0.1, -0.05) is 6.07 Å². The van der Waals surface area contributed by atoms with Gasteiger partial charge in [0.05, 0.1) is 19.3 Å². The van der Waals surface area contributed by atoms with Crippen molar-refractivity contribution >= 4 is 28.6 Å². The van der Waals surface area contributed by atoms with E-state index in [0.717, 1.165) is 6.54 Å². The molecule has 21 heavy (non-hydrogen) atoms. The molecule has 0 atom stereocenters. The summed E-state index contributed by atoms with van der Waals surface area (Å²) in [6.45, 7) is 1.06. The average molecular weight is 305 g/mol. The molecule has 0 spiro atoms. The van der Waals surface area contributed by atoms with Crippen LogP contribution < -0.4 is 15.8 Å². The molecule has 0 radical (unpaired) electrons. The maximum absolute atomic E-state index is 12.1. The standard InChI is InChI=1S/C15H19N3O2S/c1-18(9-12-4-3-7-21-12)10-15(19)17-13-6-5-11(16)8-14(13)20-2/h3-8H,9-10,16H2,1-2H3,(H,17,19). The molecule has 1 amide bonds. The van der Waals surface area contributed by atoms with Crippen LogP contribution in [0.3, 0.4) is 0 Å². The maximum Gasteiger partial charge on any atom is 0.238 e. The molecule has 5 nitrogen and oxygen atoms in total. The van der Waals surface area contributed by atoms with Crippen LogP contribution in [-0.4, -0.2) is 31.5 Å². The smallest absolute Gasteiger partial charge is 0.238 e. The molecule has 6 heteroatoms. The number of ether oxygens (including phenoxy) is 1. The fraction of sp³-hybridized carbons (Fsp3) is 0.267. The highest BCUT2D eigenvalue weighted by Crippen LogP contribution is 2.26. The molecule has 0 unspecified atom stereocenters. The second-order valence-corrected chi connectivity index (χ2v) is 5.79. The number of anilines is 2. The summed E-state index contributed by atoms with van der Waals surface area (Å²) >= 11 is 1.68. The summed E-state index contributed by atoms with van der Waals surface area (Å²) in [6, 6.07) is 9.22. The van der Waals surface area contributed by atoms with Crippen molar-refractivity contribution in [1.29, 1.82) is 0 Å². The van der Waals surface area contributed by atoms with Gasteiger partial charge in [0.2, 0.25) is 5.91 Å². The van der Waals surface area contributed by atoms with Crippen molar-refractivity contribution in [3.05, 3.63) is 40.6 Å². The van der Waals surface area contributed by atoms with Crippen molar-refractivity contribution in [1.82, 2.24) is 4.90 Å². The Labute approximate surface area is 128 Å². The first-order valence-corrected chi connectivity index (χ1v) is 7.40. The summed E-state index contributed by atoms with van der Waals surface area (Å²) in [5.74, 6) is 0.474. The number of nitrogens with two attached hydrogens (primary N) is 1. The van der Waals surface area contributed by atoms with Crippen LogP contribution in [0.1, 0.15) is 4.88 Å². The Kier molecular flexibility index (Phi) is 5.19. The van der Waals surface area contributed by atoms with Crippen LogP contribution >= 0.6 is 11.3 Å². The summed E-state index contributed by atoms with van der Waals surface area (Å²) in [6.07, 6.45) is 0. The zero-order valence-electron chi connectivity index (χ0n) is 12.1. The minimum atomic E-state index is -0.0860. The van der Waals surface area contributed by atoms with Crippen molar-refractivity contribution in [3.63, 3.8) is 0 Å². The van der Waals surface area contributed by atoms with Gasteiger partial charge in [-0.2, -0.15) is 0 Å². The van der Waals surface area contributed by atoms with E-state index >= 15 is 0 Å². The number of hydrogen-bond acceptors (Lipinski definition) is 5. The topological polar surface area (TPSA) is 67.6 Å². The maximum atomic E-state index is 12.1. The third-order valence-corrected chi connectivity index (χ3v) is 3.78. The summed E-state index contributed by atoms with van der Waals surface area (Å²) in [4.78, 5) is 15.3. The predicted molar refractivity (Wildman–Crippen MR) is 86.7 cm³/mol. The number of likely N-dealkylation sites (N-methyl/N-ethyl adjacent to an activating group) is 1. The number of benzene rings is 1. The Hall–Kier alpha value is -2.05. The van der Waals surface area contributed by atoms with Gasteiger partial charge in [-0.25, -0.2) is 0 Å². The molecular weight excluding hydrogens is 286 g/mol. The van der Waals surface area contributed by atoms with Gasteiger partial charge in [-0.15, -0.1) is 11.3 Å². The summed E-state index contributed by atoms with van der Waals surface area (Å²) in [7, 11) is 3.47. The quantitative estimate of drug-likeness (QED) is 0.804. The van der Waals surface area contributed by atoms with Crippen LogP contribution in [0.5, 0.6) is 5.75 Å². The fourth-order valence-corrected chi connectivity index (χ4v) is 2.75. The predicted octanol–water partition coefficient (Wildman–Crippen LogP) is 2.41. The molecule has 1 aromatic heterocycles. The number of rotatable bonds is 6. The molecule has 0 aliphatic carbocycles. The molecule has 112 valence electrons. The lowest BCUT2D eigenvalue weighted by molar-refractivity contribution is -0.117. The third kappa shape index (κ3) is 4.47. The first kappa shape index (κ1) is 15.3. The van der Waals surface area contributed by atoms with Gasteiger partial charge < -0.3 is 15.8 Å². The van der Waals surface area contributed by atoms with E-state index in [1.165, 1.54) is 4.88 Å². The lowest BCUT2D eigenvalue weighted by Gasteiger charge is -2.16. The molecule has 0 saturated heterocycles. The second kappa shape index (κ2) is 7.10. The van der Waals surface area contributed by atoms with E-state index < -0.39 is 0 Å². The number of thiophene rings is 1. The van der Waals surface area contributed by atoms with Gasteiger partial charge in [0.15, 0.2) is 0 Å². The minimum Gasteiger partial charge on any atom is -0.494 e. The van der Waals surface area contributed by atoms with Crippen molar-refractivity contribution < 1.29 is 9.53 Å². The van der Waals surface area contributed by atoms with Crippen LogP contribution in [0.4, 0.5) is 11.4 Å². The molecule has 0 aliphatic rings. The van der Waals surface area contributed by atoms with Gasteiger partial charge in [-0.05, 0) is 30.6 Å². The number of carbonyl (C=O) groups excluding carboxylic acids is 1. The summed E-state index contributed by atoms with van der Waals surface area (Å²) in [5.41, 5.74) is 6.91. The second-order valence-electron chi connectivity index (χ2n) is 4.76. The Bertz CT molecular complexity index is 599. The highest BCUT2D eigenvalue weighted by Gasteiger charge is 2.11. The molecule has 0 saturated carbocycles. The van der Waals surface area contributed by atoms with Crippen molar-refractivity contribution in [2.45, 2.75) is 6.54 Å². The van der Waals surface area contributed by atoms with Gasteiger partial charge in [-0.3, -0.25) is 9.69 Å². The van der Waals surface area contributed by atoms with Crippen LogP contribution in [0.25, 0.3) is 0 Å². The lowest BCUT2D eigenvalue weighted by Crippen LogP contribution is -2.29. The molecule has 0 fully saturated rings. The Morgan fingerprint density at radius 3 is 2.90 bits per heavy atom. The number of carbonyl (C=O) groups is 1. The van der Waals surface area contributed by atoms with Crippen molar-refractivity contribution in [3.8, 4) is 5.75 Å². The monoisotopic (exact) mass is 305 g/mol. The Morgan fingerprint density at radius 1 is 1.43 bits per heavy atom. The SMILES string of the molecule is COc1cc(N)ccc1NC(=O)CN(C)Cc1cccs1. The number of methoxy groups -OCH3 is 1. The molecule has 2 rings (SSSR count). The molecule has 0 bridgehead atoms. The third-order valence-electron chi connectivity index (χ3n) is 2.92. The van der Waals surface area contributed by atoms with Crippen LogP contribution in [0.2, 0.25) is 0 Å². The zero-order valence-corrected chi connectivity index (χ0v) is 12.9. The van der Waals surface area contributed by atoms with Crippen LogP contribution in [0, 0.1) is 0 Å². The largest absolute Gasteiger partial charge is 0.494 e. The van der Waals surface area contributed by atoms with E-state index in [0.29, 0.717) is 23.7 Å². The van der Waals surface area contributed by atoms with Gasteiger partial charge >= 0.3 is 0 Å². The number of nitrogens with one attached hydrogen (secondary N) is 1. The summed E-state index contributed by atoms with van der Waals surface area (Å²) in [5, 5.41) is 4.87. The van der Waals surface area contributed by atoms with Gasteiger partial charge in [0.25, 0.3) is 0 Å². The number of nitrogen functional groups attached to an aromatic ring is 1. The molecular formula is C15H19N3O2S. The first-order valence-electron chi connectivity index (χ1n) is 6.53. The number of amides is 1. The fourth-order valence-electron chi connectivity index (χ4n) is 1.97. The van der Waals surface area contributed by atoms with E-state index in [-0.39, 0.29) is 5.91 Å². The summed E-state index contributed by atoms with van der Waals surface area (Å²) < 4.78 is 5.21. The lowest BCUT2D eigenvalue weighted by atomic mass is 10.2.